The number of amides is 1. The molecule has 1 fully saturated rings. The van der Waals surface area contributed by atoms with Crippen LogP contribution in [0.3, 0.4) is 0 Å². The fourth-order valence-electron chi connectivity index (χ4n) is 2.51. The van der Waals surface area contributed by atoms with Crippen LogP contribution in [0.15, 0.2) is 0 Å². The number of nitrogens with one attached hydrogen (secondary N) is 1. The number of esters is 1. The van der Waals surface area contributed by atoms with Crippen molar-refractivity contribution in [2.45, 2.75) is 59.0 Å². The third-order valence-corrected chi connectivity index (χ3v) is 4.83. The van der Waals surface area contributed by atoms with Crippen LogP contribution < -0.4 is 5.32 Å². The first-order valence-electron chi connectivity index (χ1n) is 7.07. The van der Waals surface area contributed by atoms with Crippen molar-refractivity contribution in [3.63, 3.8) is 0 Å². The smallest absolute Gasteiger partial charge is 0.341 e. The molecule has 4 nitrogen and oxygen atoms in total. The van der Waals surface area contributed by atoms with Gasteiger partial charge in [0.2, 0.25) is 5.91 Å². The van der Waals surface area contributed by atoms with Gasteiger partial charge in [-0.05, 0) is 45.1 Å². The molecule has 1 aliphatic carbocycles. The minimum absolute atomic E-state index is 0.0287. The summed E-state index contributed by atoms with van der Waals surface area (Å²) in [5.41, 5.74) is 1.42. The molecule has 0 aliphatic heterocycles. The Labute approximate surface area is 123 Å². The lowest BCUT2D eigenvalue weighted by atomic mass is 9.98. The maximum Gasteiger partial charge on any atom is 0.341 e. The molecule has 0 radical (unpaired) electrons. The van der Waals surface area contributed by atoms with Gasteiger partial charge in [-0.1, -0.05) is 6.42 Å². The summed E-state index contributed by atoms with van der Waals surface area (Å²) >= 11 is 1.43. The van der Waals surface area contributed by atoms with Gasteiger partial charge in [0.1, 0.15) is 11.1 Å². The first-order valence-corrected chi connectivity index (χ1v) is 7.89. The molecule has 110 valence electrons. The van der Waals surface area contributed by atoms with E-state index in [1.807, 2.05) is 13.8 Å². The Hall–Kier alpha value is -1.36. The van der Waals surface area contributed by atoms with Crippen LogP contribution in [0.1, 0.15) is 59.8 Å². The van der Waals surface area contributed by atoms with Crippen LogP contribution in [-0.2, 0) is 9.53 Å². The fourth-order valence-corrected chi connectivity index (χ4v) is 3.61. The van der Waals surface area contributed by atoms with E-state index in [9.17, 15) is 9.59 Å². The number of rotatable bonds is 3. The van der Waals surface area contributed by atoms with Gasteiger partial charge in [0.15, 0.2) is 0 Å². The number of hydrogen-bond donors (Lipinski definition) is 1. The first kappa shape index (κ1) is 15.0. The average molecular weight is 295 g/mol. The van der Waals surface area contributed by atoms with Gasteiger partial charge >= 0.3 is 5.97 Å². The van der Waals surface area contributed by atoms with Gasteiger partial charge in [-0.3, -0.25) is 4.79 Å². The van der Waals surface area contributed by atoms with E-state index < -0.39 is 0 Å². The molecule has 1 aromatic rings. The number of aryl methyl sites for hydroxylation is 1. The van der Waals surface area contributed by atoms with Gasteiger partial charge in [0.05, 0.1) is 5.56 Å². The lowest BCUT2D eigenvalue weighted by molar-refractivity contribution is -0.114. The second kappa shape index (κ2) is 6.39. The number of thiophene rings is 1. The van der Waals surface area contributed by atoms with E-state index in [0.29, 0.717) is 10.6 Å². The van der Waals surface area contributed by atoms with Crippen molar-refractivity contribution >= 4 is 28.2 Å². The lowest BCUT2D eigenvalue weighted by Crippen LogP contribution is -2.22. The third kappa shape index (κ3) is 3.39. The first-order chi connectivity index (χ1) is 9.49. The maximum absolute atomic E-state index is 12.4. The highest BCUT2D eigenvalue weighted by molar-refractivity contribution is 7.16. The van der Waals surface area contributed by atoms with Crippen molar-refractivity contribution in [3.05, 3.63) is 16.0 Å². The molecule has 0 aromatic carbocycles. The Morgan fingerprint density at radius 3 is 2.45 bits per heavy atom. The molecule has 0 bridgehead atoms. The number of hydrogen-bond acceptors (Lipinski definition) is 4. The van der Waals surface area contributed by atoms with Crippen LogP contribution in [0.4, 0.5) is 5.00 Å². The monoisotopic (exact) mass is 295 g/mol. The van der Waals surface area contributed by atoms with E-state index in [4.69, 9.17) is 4.74 Å². The van der Waals surface area contributed by atoms with Crippen LogP contribution >= 0.6 is 11.3 Å². The topological polar surface area (TPSA) is 55.4 Å². The second-order valence-electron chi connectivity index (χ2n) is 5.33. The van der Waals surface area contributed by atoms with Crippen molar-refractivity contribution in [2.75, 3.05) is 5.32 Å². The zero-order chi connectivity index (χ0) is 14.7. The van der Waals surface area contributed by atoms with Crippen molar-refractivity contribution in [1.29, 1.82) is 0 Å². The van der Waals surface area contributed by atoms with Gasteiger partial charge in [-0.15, -0.1) is 11.3 Å². The molecule has 0 unspecified atom stereocenters. The van der Waals surface area contributed by atoms with Crippen LogP contribution in [0.2, 0.25) is 0 Å². The summed E-state index contributed by atoms with van der Waals surface area (Å²) in [6.07, 6.45) is 5.39. The van der Waals surface area contributed by atoms with Crippen molar-refractivity contribution in [1.82, 2.24) is 0 Å². The Balaban J connectivity index is 2.17. The molecule has 20 heavy (non-hydrogen) atoms. The molecule has 2 rings (SSSR count). The van der Waals surface area contributed by atoms with Gasteiger partial charge in [-0.25, -0.2) is 4.79 Å². The number of carbonyl (C=O) groups is 2. The molecule has 1 aliphatic rings. The Morgan fingerprint density at radius 2 is 1.85 bits per heavy atom. The number of carbonyl (C=O) groups excluding carboxylic acids is 2. The Morgan fingerprint density at radius 1 is 1.20 bits per heavy atom. The Bertz CT molecular complexity index is 515. The van der Waals surface area contributed by atoms with Crippen LogP contribution in [0, 0.1) is 13.8 Å². The zero-order valence-corrected chi connectivity index (χ0v) is 13.1. The summed E-state index contributed by atoms with van der Waals surface area (Å²) in [6.45, 7) is 5.29. The molecule has 0 spiro atoms. The molecule has 0 atom stereocenters. The minimum atomic E-state index is -0.303. The molecule has 0 saturated heterocycles. The standard InChI is InChI=1S/C15H21NO3S/c1-9-10(2)20-14(16-11(3)17)13(9)15(18)19-12-7-5-4-6-8-12/h12H,4-8H2,1-3H3,(H,16,17). The summed E-state index contributed by atoms with van der Waals surface area (Å²) in [7, 11) is 0. The molecular weight excluding hydrogens is 274 g/mol. The molecule has 1 N–H and O–H groups in total. The highest BCUT2D eigenvalue weighted by Crippen LogP contribution is 2.34. The van der Waals surface area contributed by atoms with E-state index in [1.165, 1.54) is 24.7 Å². The Kier molecular flexibility index (Phi) is 4.81. The van der Waals surface area contributed by atoms with Crippen molar-refractivity contribution in [3.8, 4) is 0 Å². The molecule has 1 aromatic heterocycles. The van der Waals surface area contributed by atoms with Crippen LogP contribution in [0.5, 0.6) is 0 Å². The zero-order valence-electron chi connectivity index (χ0n) is 12.2. The maximum atomic E-state index is 12.4. The molecule has 1 saturated carbocycles. The number of anilines is 1. The van der Waals surface area contributed by atoms with Crippen LogP contribution in [0.25, 0.3) is 0 Å². The molecule has 1 heterocycles. The largest absolute Gasteiger partial charge is 0.459 e. The summed E-state index contributed by atoms with van der Waals surface area (Å²) in [4.78, 5) is 24.7. The van der Waals surface area contributed by atoms with E-state index >= 15 is 0 Å². The summed E-state index contributed by atoms with van der Waals surface area (Å²) in [5, 5.41) is 3.34. The third-order valence-electron chi connectivity index (χ3n) is 3.70. The van der Waals surface area contributed by atoms with Gasteiger partial charge < -0.3 is 10.1 Å². The van der Waals surface area contributed by atoms with Gasteiger partial charge in [0, 0.05) is 11.8 Å². The number of ether oxygens (including phenoxy) is 1. The predicted molar refractivity (Wildman–Crippen MR) is 80.4 cm³/mol. The molecule has 5 heteroatoms. The molecule has 1 amide bonds. The predicted octanol–water partition coefficient (Wildman–Crippen LogP) is 3.81. The van der Waals surface area contributed by atoms with Gasteiger partial charge in [0.25, 0.3) is 0 Å². The van der Waals surface area contributed by atoms with Crippen molar-refractivity contribution < 1.29 is 14.3 Å². The van der Waals surface area contributed by atoms with E-state index in [1.54, 1.807) is 0 Å². The second-order valence-corrected chi connectivity index (χ2v) is 6.56. The van der Waals surface area contributed by atoms with Crippen LogP contribution in [-0.4, -0.2) is 18.0 Å². The normalized spacial score (nSPS) is 15.9. The lowest BCUT2D eigenvalue weighted by Gasteiger charge is -2.22. The SMILES string of the molecule is CC(=O)Nc1sc(C)c(C)c1C(=O)OC1CCCCC1. The average Bonchev–Trinajstić information content (AvgIpc) is 2.65. The highest BCUT2D eigenvalue weighted by Gasteiger charge is 2.25. The van der Waals surface area contributed by atoms with E-state index in [-0.39, 0.29) is 18.0 Å². The summed E-state index contributed by atoms with van der Waals surface area (Å²) in [5.74, 6) is -0.472. The quantitative estimate of drug-likeness (QED) is 0.863. The van der Waals surface area contributed by atoms with E-state index in [2.05, 4.69) is 5.32 Å². The van der Waals surface area contributed by atoms with Crippen molar-refractivity contribution in [2.24, 2.45) is 0 Å². The highest BCUT2D eigenvalue weighted by atomic mass is 32.1. The summed E-state index contributed by atoms with van der Waals surface area (Å²) < 4.78 is 5.61. The fraction of sp³-hybridized carbons (Fsp3) is 0.600. The van der Waals surface area contributed by atoms with Gasteiger partial charge in [-0.2, -0.15) is 0 Å². The minimum Gasteiger partial charge on any atom is -0.459 e. The van der Waals surface area contributed by atoms with E-state index in [0.717, 1.165) is 36.1 Å². The molecular formula is C15H21NO3S. The summed E-state index contributed by atoms with van der Waals surface area (Å²) in [6, 6.07) is 0.